The van der Waals surface area contributed by atoms with Gasteiger partial charge in [0.05, 0.1) is 42.8 Å². The summed E-state index contributed by atoms with van der Waals surface area (Å²) >= 11 is 0. The van der Waals surface area contributed by atoms with Crippen molar-refractivity contribution in [1.82, 2.24) is 4.90 Å². The summed E-state index contributed by atoms with van der Waals surface area (Å²) in [5.74, 6) is -1.65. The number of fused-ring (bicyclic) bond motifs is 2. The largest absolute Gasteiger partial charge is 0.447 e. The van der Waals surface area contributed by atoms with Gasteiger partial charge in [0.1, 0.15) is 6.61 Å². The number of nitrogens with zero attached hydrogens (tertiary/aromatic N) is 4. The molecule has 2 fully saturated rings. The highest BCUT2D eigenvalue weighted by molar-refractivity contribution is 6.72. The number of nitro benzene ring substituents is 1. The fraction of sp³-hybridized carbons (Fsp3) is 0.400. The summed E-state index contributed by atoms with van der Waals surface area (Å²) in [6, 6.07) is 20.5. The first kappa shape index (κ1) is 34.2. The molecule has 6 rings (SSSR count). The van der Waals surface area contributed by atoms with E-state index in [0.29, 0.717) is 23.5 Å². The number of halogens is 1. The van der Waals surface area contributed by atoms with Crippen molar-refractivity contribution in [2.75, 3.05) is 36.1 Å². The molecule has 3 aliphatic rings. The van der Waals surface area contributed by atoms with E-state index in [1.54, 1.807) is 31.2 Å². The predicted molar refractivity (Wildman–Crippen MR) is 181 cm³/mol. The molecule has 3 amide bonds. The van der Waals surface area contributed by atoms with E-state index in [9.17, 15) is 29.6 Å². The van der Waals surface area contributed by atoms with Crippen LogP contribution in [-0.2, 0) is 37.8 Å². The molecule has 4 atom stereocenters. The van der Waals surface area contributed by atoms with Gasteiger partial charge < -0.3 is 28.5 Å². The Morgan fingerprint density at radius 2 is 1.84 bits per heavy atom. The smallest absolute Gasteiger partial charge is 0.414 e. The minimum absolute atomic E-state index is 0.0459. The number of ether oxygens (including phenoxy) is 2. The van der Waals surface area contributed by atoms with Crippen LogP contribution in [0.2, 0.25) is 18.6 Å². The second-order valence-electron chi connectivity index (χ2n) is 13.3. The first-order chi connectivity index (χ1) is 23.3. The third kappa shape index (κ3) is 6.31. The Kier molecular flexibility index (Phi) is 9.31. The predicted octanol–water partition coefficient (Wildman–Crippen LogP) is 5.28. The minimum atomic E-state index is -3.65. The summed E-state index contributed by atoms with van der Waals surface area (Å²) in [6.45, 7) is 5.46. The maximum absolute atomic E-state index is 16.4. The van der Waals surface area contributed by atoms with Gasteiger partial charge in [-0.15, -0.1) is 0 Å². The molecule has 0 unspecified atom stereocenters. The third-order valence-electron chi connectivity index (χ3n) is 9.79. The second-order valence-corrected chi connectivity index (χ2v) is 17.1. The molecule has 0 aromatic heterocycles. The third-order valence-corrected chi connectivity index (χ3v) is 12.3. The van der Waals surface area contributed by atoms with Crippen LogP contribution in [-0.4, -0.2) is 73.7 Å². The molecule has 1 N–H and O–H groups in total. The van der Waals surface area contributed by atoms with Crippen LogP contribution >= 0.6 is 0 Å². The molecular formula is C35H39FN4O8Si. The zero-order valence-electron chi connectivity index (χ0n) is 27.6. The van der Waals surface area contributed by atoms with Crippen LogP contribution in [0.15, 0.2) is 72.8 Å². The van der Waals surface area contributed by atoms with Gasteiger partial charge in [0.2, 0.25) is 14.3 Å². The lowest BCUT2D eigenvalue weighted by molar-refractivity contribution is -0.385. The van der Waals surface area contributed by atoms with Crippen LogP contribution in [0, 0.1) is 16.0 Å². The van der Waals surface area contributed by atoms with Crippen molar-refractivity contribution in [2.45, 2.75) is 56.8 Å². The number of nitro groups is 1. The lowest BCUT2D eigenvalue weighted by atomic mass is 9.82. The quantitative estimate of drug-likeness (QED) is 0.124. The first-order valence-corrected chi connectivity index (χ1v) is 19.2. The van der Waals surface area contributed by atoms with Crippen LogP contribution in [0.25, 0.3) is 0 Å². The topological polar surface area (TPSA) is 143 Å². The van der Waals surface area contributed by atoms with Gasteiger partial charge in [-0.1, -0.05) is 49.4 Å². The van der Waals surface area contributed by atoms with Gasteiger partial charge in [-0.25, -0.2) is 4.79 Å². The number of carbonyl (C=O) groups excluding carboxylic acids is 3. The average Bonchev–Trinajstić information content (AvgIpc) is 3.70. The van der Waals surface area contributed by atoms with Crippen LogP contribution in [0.1, 0.15) is 30.0 Å². The van der Waals surface area contributed by atoms with Gasteiger partial charge in [0.25, 0.3) is 11.6 Å². The second kappa shape index (κ2) is 13.3. The molecule has 0 saturated carbocycles. The van der Waals surface area contributed by atoms with Gasteiger partial charge in [0, 0.05) is 47.9 Å². The Bertz CT molecular complexity index is 1770. The van der Waals surface area contributed by atoms with Crippen molar-refractivity contribution in [3.8, 4) is 0 Å². The lowest BCUT2D eigenvalue weighted by Gasteiger charge is -2.31. The van der Waals surface area contributed by atoms with Gasteiger partial charge in [-0.2, -0.15) is 0 Å². The summed E-state index contributed by atoms with van der Waals surface area (Å²) in [5.41, 5.74) is -0.0644. The maximum Gasteiger partial charge on any atom is 0.414 e. The number of hydrogen-bond acceptors (Lipinski definition) is 8. The number of non-ortho nitro benzene ring substituents is 1. The molecule has 3 aliphatic heterocycles. The SMILES string of the molecule is C[C@@H]1[C@@H]([Si](C)(C)F)[C@H](CC(=O)N(CCO)Cc2ccccc2)O[C@@]12C(=O)N(Cc1cccc(N3CCOC3=O)c1)c1ccc([N+](=O)[O-])cc12. The molecule has 0 bridgehead atoms. The number of carbonyl (C=O) groups is 3. The van der Waals surface area contributed by atoms with Crippen molar-refractivity contribution >= 4 is 43.4 Å². The fourth-order valence-corrected chi connectivity index (χ4v) is 10.2. The minimum Gasteiger partial charge on any atom is -0.447 e. The monoisotopic (exact) mass is 690 g/mol. The van der Waals surface area contributed by atoms with Crippen molar-refractivity contribution in [3.63, 3.8) is 0 Å². The van der Waals surface area contributed by atoms with Crippen molar-refractivity contribution in [3.05, 3.63) is 99.6 Å². The Morgan fingerprint density at radius 3 is 2.49 bits per heavy atom. The molecular weight excluding hydrogens is 651 g/mol. The molecule has 3 heterocycles. The van der Waals surface area contributed by atoms with Crippen LogP contribution in [0.4, 0.5) is 26.0 Å². The molecule has 49 heavy (non-hydrogen) atoms. The number of hydrogen-bond donors (Lipinski definition) is 1. The van der Waals surface area contributed by atoms with Crippen molar-refractivity contribution < 1.29 is 38.0 Å². The number of anilines is 2. The molecule has 3 aromatic rings. The molecule has 2 saturated heterocycles. The Labute approximate surface area is 284 Å². The molecule has 12 nitrogen and oxygen atoms in total. The van der Waals surface area contributed by atoms with Crippen LogP contribution in [0.3, 0.4) is 0 Å². The number of aliphatic hydroxyl groups is 1. The Balaban J connectivity index is 1.37. The van der Waals surface area contributed by atoms with Crippen LogP contribution in [0.5, 0.6) is 0 Å². The van der Waals surface area contributed by atoms with Gasteiger partial charge in [-0.05, 0) is 42.4 Å². The summed E-state index contributed by atoms with van der Waals surface area (Å²) < 4.78 is 28.1. The molecule has 1 spiro atoms. The highest BCUT2D eigenvalue weighted by Gasteiger charge is 2.67. The van der Waals surface area contributed by atoms with Gasteiger partial charge in [-0.3, -0.25) is 24.6 Å². The standard InChI is InChI=1S/C35H39FN4O8Si/c1-23-32(49(2,3)36)30(20-31(42)37(14-16-41)21-24-8-5-4-6-9-24)48-35(23)28-19-27(40(45)46)12-13-29(28)39(33(35)43)22-25-10-7-11-26(18-25)38-15-17-47-34(38)44/h4-13,18-19,23,30,32,41H,14-17,20-22H2,1-3H3/t23-,30+,32-,35+/m1/s1. The number of rotatable bonds is 11. The van der Waals surface area contributed by atoms with Gasteiger partial charge in [0.15, 0.2) is 5.60 Å². The van der Waals surface area contributed by atoms with Crippen molar-refractivity contribution in [2.24, 2.45) is 5.92 Å². The maximum atomic E-state index is 16.4. The van der Waals surface area contributed by atoms with E-state index in [2.05, 4.69) is 0 Å². The van der Waals surface area contributed by atoms with E-state index in [-0.39, 0.29) is 56.4 Å². The number of aliphatic hydroxyl groups excluding tert-OH is 1. The lowest BCUT2D eigenvalue weighted by Crippen LogP contribution is -2.45. The van der Waals surface area contributed by atoms with Crippen molar-refractivity contribution in [1.29, 1.82) is 0 Å². The van der Waals surface area contributed by atoms with E-state index in [1.165, 1.54) is 46.0 Å². The molecule has 14 heteroatoms. The van der Waals surface area contributed by atoms with Crippen LogP contribution < -0.4 is 9.80 Å². The highest BCUT2D eigenvalue weighted by Crippen LogP contribution is 2.60. The van der Waals surface area contributed by atoms with E-state index in [0.717, 1.165) is 5.56 Å². The molecule has 258 valence electrons. The van der Waals surface area contributed by atoms with E-state index >= 15 is 4.11 Å². The van der Waals surface area contributed by atoms with E-state index < -0.39 is 48.5 Å². The zero-order chi connectivity index (χ0) is 35.1. The Hall–Kier alpha value is -4.66. The number of amides is 3. The number of benzene rings is 3. The fourth-order valence-electron chi connectivity index (χ4n) is 7.66. The summed E-state index contributed by atoms with van der Waals surface area (Å²) in [4.78, 5) is 56.7. The highest BCUT2D eigenvalue weighted by atomic mass is 28.4. The Morgan fingerprint density at radius 1 is 1.10 bits per heavy atom. The molecule has 3 aromatic carbocycles. The first-order valence-electron chi connectivity index (χ1n) is 16.3. The summed E-state index contributed by atoms with van der Waals surface area (Å²) in [7, 11) is -3.65. The van der Waals surface area contributed by atoms with Gasteiger partial charge >= 0.3 is 6.09 Å². The number of cyclic esters (lactones) is 1. The van der Waals surface area contributed by atoms with E-state index in [4.69, 9.17) is 9.47 Å². The average molecular weight is 691 g/mol. The molecule has 0 aliphatic carbocycles. The summed E-state index contributed by atoms with van der Waals surface area (Å²) in [6.07, 6.45) is -1.72. The zero-order valence-corrected chi connectivity index (χ0v) is 28.6. The summed E-state index contributed by atoms with van der Waals surface area (Å²) in [5, 5.41) is 21.7. The normalized spacial score (nSPS) is 23.2. The van der Waals surface area contributed by atoms with E-state index in [1.807, 2.05) is 30.3 Å². The molecule has 0 radical (unpaired) electrons.